The van der Waals surface area contributed by atoms with Crippen LogP contribution < -0.4 is 15.7 Å². The minimum Gasteiger partial charge on any atom is -0.477 e. The smallest absolute Gasteiger partial charge is 0.341 e. The third-order valence-corrected chi connectivity index (χ3v) is 5.63. The molecule has 16 heteroatoms. The Kier molecular flexibility index (Phi) is 13.7. The van der Waals surface area contributed by atoms with Gasteiger partial charge in [0.25, 0.3) is 5.56 Å². The molecule has 0 spiro atoms. The number of ketones is 1. The summed E-state index contributed by atoms with van der Waals surface area (Å²) in [6, 6.07) is 1.26. The van der Waals surface area contributed by atoms with Crippen molar-refractivity contribution < 1.29 is 29.1 Å². The van der Waals surface area contributed by atoms with E-state index in [9.17, 15) is 24.0 Å². The molecule has 3 aromatic heterocycles. The van der Waals surface area contributed by atoms with Crippen LogP contribution in [-0.2, 0) is 9.59 Å². The molecule has 0 aliphatic rings. The number of hydrogen-bond acceptors (Lipinski definition) is 12. The number of carboxylic acids is 1. The average molecular weight is 613 g/mol. The van der Waals surface area contributed by atoms with E-state index in [1.807, 2.05) is 6.26 Å². The molecular formula is C24H29ClN6O7S2. The second-order valence-electron chi connectivity index (χ2n) is 8.57. The second-order valence-corrected chi connectivity index (χ2v) is 10.5. The summed E-state index contributed by atoms with van der Waals surface area (Å²) in [4.78, 5) is 75.8. The fraction of sp³-hybridized carbons (Fsp3) is 0.375. The fourth-order valence-corrected chi connectivity index (χ4v) is 3.41. The number of aldehydes is 1. The second kappa shape index (κ2) is 15.9. The van der Waals surface area contributed by atoms with Gasteiger partial charge in [-0.15, -0.1) is 4.73 Å². The Morgan fingerprint density at radius 3 is 2.12 bits per heavy atom. The van der Waals surface area contributed by atoms with E-state index in [4.69, 9.17) is 21.5 Å². The van der Waals surface area contributed by atoms with Crippen molar-refractivity contribution in [2.24, 2.45) is 0 Å². The molecule has 3 rings (SSSR count). The van der Waals surface area contributed by atoms with Gasteiger partial charge in [0.1, 0.15) is 22.1 Å². The van der Waals surface area contributed by atoms with Crippen LogP contribution >= 0.6 is 35.1 Å². The third kappa shape index (κ3) is 10.9. The topological polar surface area (TPSA) is 183 Å². The Bertz CT molecular complexity index is 1440. The number of amides is 1. The maximum absolute atomic E-state index is 12.3. The monoisotopic (exact) mass is 612 g/mol. The van der Waals surface area contributed by atoms with Gasteiger partial charge in [-0.05, 0) is 46.3 Å². The Morgan fingerprint density at radius 1 is 1.12 bits per heavy atom. The van der Waals surface area contributed by atoms with Gasteiger partial charge < -0.3 is 15.3 Å². The lowest BCUT2D eigenvalue weighted by Gasteiger charge is -2.22. The van der Waals surface area contributed by atoms with Crippen molar-refractivity contribution in [1.82, 2.24) is 30.0 Å². The Hall–Kier alpha value is -3.56. The van der Waals surface area contributed by atoms with E-state index in [1.54, 1.807) is 27.0 Å². The number of pyridine rings is 1. The van der Waals surface area contributed by atoms with E-state index in [-0.39, 0.29) is 34.5 Å². The Morgan fingerprint density at radius 2 is 1.70 bits per heavy atom. The van der Waals surface area contributed by atoms with Gasteiger partial charge in [0.05, 0.1) is 12.0 Å². The minimum absolute atomic E-state index is 0.00347. The highest BCUT2D eigenvalue weighted by Crippen LogP contribution is 2.16. The van der Waals surface area contributed by atoms with Gasteiger partial charge in [-0.3, -0.25) is 19.2 Å². The summed E-state index contributed by atoms with van der Waals surface area (Å²) in [6.45, 7) is 6.66. The summed E-state index contributed by atoms with van der Waals surface area (Å²) < 4.78 is 0.931. The summed E-state index contributed by atoms with van der Waals surface area (Å²) in [5.74, 6) is -1.65. The molecule has 0 atom stereocenters. The number of rotatable bonds is 7. The van der Waals surface area contributed by atoms with Crippen molar-refractivity contribution in [2.45, 2.75) is 50.0 Å². The number of nitrogens with zero attached hydrogens (tertiary/aromatic N) is 5. The molecule has 0 saturated heterocycles. The molecule has 13 nitrogen and oxygen atoms in total. The zero-order chi connectivity index (χ0) is 30.6. The number of carbonyl (C=O) groups is 4. The van der Waals surface area contributed by atoms with Crippen molar-refractivity contribution >= 4 is 70.1 Å². The largest absolute Gasteiger partial charge is 0.477 e. The predicted molar refractivity (Wildman–Crippen MR) is 152 cm³/mol. The molecule has 0 radical (unpaired) electrons. The summed E-state index contributed by atoms with van der Waals surface area (Å²) in [5, 5.41) is 13.1. The highest BCUT2D eigenvalue weighted by Gasteiger charge is 2.21. The molecule has 0 aliphatic carbocycles. The number of fused-ring (bicyclic) bond motifs is 1. The molecule has 216 valence electrons. The molecule has 3 aromatic rings. The number of carbonyl (C=O) groups excluding carboxylic acids is 3. The van der Waals surface area contributed by atoms with Crippen LogP contribution in [0.25, 0.3) is 11.0 Å². The number of nitrogens with one attached hydrogen (secondary N) is 1. The van der Waals surface area contributed by atoms with Gasteiger partial charge >= 0.3 is 5.97 Å². The minimum atomic E-state index is -1.32. The number of hydrogen-bond donors (Lipinski definition) is 2. The first-order chi connectivity index (χ1) is 18.7. The first-order valence-electron chi connectivity index (χ1n) is 11.3. The van der Waals surface area contributed by atoms with E-state index < -0.39 is 17.1 Å². The zero-order valence-electron chi connectivity index (χ0n) is 22.8. The van der Waals surface area contributed by atoms with E-state index in [2.05, 4.69) is 25.3 Å². The molecule has 2 N–H and O–H groups in total. The van der Waals surface area contributed by atoms with Crippen LogP contribution in [0.2, 0.25) is 5.15 Å². The van der Waals surface area contributed by atoms with Crippen molar-refractivity contribution in [1.29, 1.82) is 0 Å². The molecule has 0 aromatic carbocycles. The molecule has 0 saturated carbocycles. The number of carboxylic acid groups (broad SMARTS) is 1. The van der Waals surface area contributed by atoms with Gasteiger partial charge in [-0.25, -0.2) is 24.7 Å². The van der Waals surface area contributed by atoms with E-state index >= 15 is 0 Å². The molecule has 0 fully saturated rings. The van der Waals surface area contributed by atoms with Crippen LogP contribution in [0, 0.1) is 0 Å². The van der Waals surface area contributed by atoms with Gasteiger partial charge in [-0.2, -0.15) is 0 Å². The molecule has 0 bridgehead atoms. The summed E-state index contributed by atoms with van der Waals surface area (Å²) in [5.41, 5.74) is -1.25. The van der Waals surface area contributed by atoms with Crippen LogP contribution in [0.4, 0.5) is 0 Å². The lowest BCUT2D eigenvalue weighted by molar-refractivity contribution is -0.126. The molecule has 0 unspecified atom stereocenters. The quantitative estimate of drug-likeness (QED) is 0.131. The standard InChI is InChI=1S/C13H15N3O4S.C6H5ClN2OS.C5H9NO2/c1-13(2,3)20-16-9-7(6-14-12(15-9)21-4)5-8(10(16)17)11(18)19;1-11-6-8-2-4(3-10)5(7)9-6;1-4(7)3-5(8)6-2/h5-6H,1-4H3,(H,18,19);2-3H,1H3;3H2,1-2H3,(H,6,8). The molecule has 1 amide bonds. The maximum atomic E-state index is 12.3. The molecule has 3 heterocycles. The number of aromatic nitrogens is 5. The average Bonchev–Trinajstić information content (AvgIpc) is 2.89. The van der Waals surface area contributed by atoms with Gasteiger partial charge in [0, 0.05) is 24.8 Å². The van der Waals surface area contributed by atoms with Crippen LogP contribution in [0.3, 0.4) is 0 Å². The van der Waals surface area contributed by atoms with E-state index in [0.29, 0.717) is 27.5 Å². The number of aromatic carboxylic acids is 1. The van der Waals surface area contributed by atoms with Gasteiger partial charge in [0.15, 0.2) is 22.2 Å². The van der Waals surface area contributed by atoms with Crippen LogP contribution in [-0.4, -0.2) is 78.9 Å². The molecule has 0 aliphatic heterocycles. The summed E-state index contributed by atoms with van der Waals surface area (Å²) in [6.07, 6.45) is 7.16. The number of thioether (sulfide) groups is 2. The van der Waals surface area contributed by atoms with Crippen molar-refractivity contribution in [3.05, 3.63) is 45.1 Å². The SMILES string of the molecule is CNC(=O)CC(C)=O.CSc1ncc(C=O)c(Cl)n1.CSc1ncc2cc(C(=O)O)c(=O)n(OC(C)(C)C)c2n1. The normalized spacial score (nSPS) is 10.4. The molecule has 40 heavy (non-hydrogen) atoms. The van der Waals surface area contributed by atoms with Gasteiger partial charge in [0.2, 0.25) is 5.91 Å². The van der Waals surface area contributed by atoms with E-state index in [1.165, 1.54) is 56.0 Å². The lowest BCUT2D eigenvalue weighted by Crippen LogP contribution is -2.40. The summed E-state index contributed by atoms with van der Waals surface area (Å²) in [7, 11) is 1.51. The fourth-order valence-electron chi connectivity index (χ4n) is 2.51. The van der Waals surface area contributed by atoms with Crippen LogP contribution in [0.1, 0.15) is 54.8 Å². The highest BCUT2D eigenvalue weighted by atomic mass is 35.5. The first kappa shape index (κ1) is 34.5. The van der Waals surface area contributed by atoms with Crippen molar-refractivity contribution in [3.63, 3.8) is 0 Å². The van der Waals surface area contributed by atoms with Crippen molar-refractivity contribution in [3.8, 4) is 0 Å². The van der Waals surface area contributed by atoms with Gasteiger partial charge in [-0.1, -0.05) is 35.1 Å². The third-order valence-electron chi connectivity index (χ3n) is 4.20. The highest BCUT2D eigenvalue weighted by molar-refractivity contribution is 7.98. The molecular weight excluding hydrogens is 584 g/mol. The van der Waals surface area contributed by atoms with Crippen LogP contribution in [0.15, 0.2) is 33.6 Å². The number of halogens is 1. The van der Waals surface area contributed by atoms with Crippen LogP contribution in [0.5, 0.6) is 0 Å². The van der Waals surface area contributed by atoms with E-state index in [0.717, 1.165) is 4.73 Å². The Labute approximate surface area is 243 Å². The first-order valence-corrected chi connectivity index (χ1v) is 14.1. The maximum Gasteiger partial charge on any atom is 0.341 e. The van der Waals surface area contributed by atoms with Crippen molar-refractivity contribution in [2.75, 3.05) is 19.6 Å². The zero-order valence-corrected chi connectivity index (χ0v) is 25.2. The summed E-state index contributed by atoms with van der Waals surface area (Å²) >= 11 is 8.31. The predicted octanol–water partition coefficient (Wildman–Crippen LogP) is 2.81. The number of Topliss-reactive ketones (excluding diaryl/α,β-unsaturated/α-hetero) is 1. The lowest BCUT2D eigenvalue weighted by atomic mass is 10.2. The Balaban J connectivity index is 0.000000351.